The van der Waals surface area contributed by atoms with Crippen LogP contribution < -0.4 is 4.57 Å². The average molecular weight is 544 g/mol. The standard InChI is InChI=1S/C38H58N2/c1-4-6-8-10-11-12-13-14-15-16-23-29-36(37-39-30-32-40(37)31-24-9-7-5-2)38(3,35-27-21-18-22-28-35)33-34-25-19-17-20-26-34/h17-22,25-28,30,32,36H,4-16,23-24,29,31,33H2,1-3H3/p+1. The zero-order chi connectivity index (χ0) is 28.3. The highest BCUT2D eigenvalue weighted by Gasteiger charge is 2.41. The van der Waals surface area contributed by atoms with Gasteiger partial charge in [-0.05, 0) is 36.8 Å². The maximum absolute atomic E-state index is 3.76. The van der Waals surface area contributed by atoms with E-state index in [9.17, 15) is 0 Å². The lowest BCUT2D eigenvalue weighted by Gasteiger charge is -2.37. The number of aryl methyl sites for hydroxylation is 1. The first-order valence-electron chi connectivity index (χ1n) is 16.8. The SMILES string of the molecule is CCCCCCCCCCCCCC(c1[nH]cc[n+]1CCCCCC)C(C)(Cc1ccccc1)c1ccccc1. The third kappa shape index (κ3) is 10.6. The molecule has 1 N–H and O–H groups in total. The Morgan fingerprint density at radius 3 is 1.77 bits per heavy atom. The molecule has 40 heavy (non-hydrogen) atoms. The van der Waals surface area contributed by atoms with Crippen LogP contribution in [0.3, 0.4) is 0 Å². The van der Waals surface area contributed by atoms with Crippen molar-refractivity contribution in [3.63, 3.8) is 0 Å². The molecule has 0 aliphatic carbocycles. The first-order valence-corrected chi connectivity index (χ1v) is 16.8. The Labute approximate surface area is 247 Å². The fraction of sp³-hybridized carbons (Fsp3) is 0.605. The Hall–Kier alpha value is -2.35. The molecule has 2 heteroatoms. The van der Waals surface area contributed by atoms with Crippen LogP contribution in [-0.4, -0.2) is 4.98 Å². The van der Waals surface area contributed by atoms with Crippen molar-refractivity contribution in [1.82, 2.24) is 4.98 Å². The summed E-state index contributed by atoms with van der Waals surface area (Å²) in [5, 5.41) is 0. The van der Waals surface area contributed by atoms with Gasteiger partial charge in [-0.15, -0.1) is 0 Å². The zero-order valence-corrected chi connectivity index (χ0v) is 26.2. The minimum Gasteiger partial charge on any atom is -0.247 e. The Kier molecular flexibility index (Phi) is 15.2. The van der Waals surface area contributed by atoms with E-state index < -0.39 is 0 Å². The van der Waals surface area contributed by atoms with E-state index in [0.29, 0.717) is 5.92 Å². The molecule has 2 aromatic carbocycles. The van der Waals surface area contributed by atoms with Crippen LogP contribution >= 0.6 is 0 Å². The minimum absolute atomic E-state index is 0.0110. The number of H-pyrrole nitrogens is 1. The van der Waals surface area contributed by atoms with Gasteiger partial charge in [-0.3, -0.25) is 0 Å². The van der Waals surface area contributed by atoms with Crippen molar-refractivity contribution in [3.05, 3.63) is 90.0 Å². The van der Waals surface area contributed by atoms with E-state index in [4.69, 9.17) is 0 Å². The molecule has 2 nitrogen and oxygen atoms in total. The Bertz CT molecular complexity index is 1010. The van der Waals surface area contributed by atoms with Gasteiger partial charge in [0.1, 0.15) is 12.4 Å². The lowest BCUT2D eigenvalue weighted by Crippen LogP contribution is -2.43. The van der Waals surface area contributed by atoms with Crippen molar-refractivity contribution in [2.24, 2.45) is 0 Å². The summed E-state index contributed by atoms with van der Waals surface area (Å²) >= 11 is 0. The lowest BCUT2D eigenvalue weighted by atomic mass is 9.66. The van der Waals surface area contributed by atoms with Crippen LogP contribution in [0.4, 0.5) is 0 Å². The predicted molar refractivity (Wildman–Crippen MR) is 173 cm³/mol. The number of nitrogens with zero attached hydrogens (tertiary/aromatic N) is 1. The molecule has 220 valence electrons. The fourth-order valence-corrected chi connectivity index (χ4v) is 6.62. The fourth-order valence-electron chi connectivity index (χ4n) is 6.62. The molecule has 0 saturated carbocycles. The number of hydrogen-bond donors (Lipinski definition) is 1. The summed E-state index contributed by atoms with van der Waals surface area (Å²) in [7, 11) is 0. The van der Waals surface area contributed by atoms with E-state index in [1.54, 1.807) is 0 Å². The van der Waals surface area contributed by atoms with Gasteiger partial charge in [0, 0.05) is 5.41 Å². The second-order valence-corrected chi connectivity index (χ2v) is 12.4. The number of aromatic nitrogens is 2. The van der Waals surface area contributed by atoms with E-state index in [2.05, 4.69) is 103 Å². The van der Waals surface area contributed by atoms with Crippen molar-refractivity contribution in [1.29, 1.82) is 0 Å². The molecule has 3 aromatic rings. The Morgan fingerprint density at radius 2 is 1.18 bits per heavy atom. The smallest absolute Gasteiger partial charge is 0.247 e. The monoisotopic (exact) mass is 543 g/mol. The molecule has 0 amide bonds. The third-order valence-corrected chi connectivity index (χ3v) is 9.09. The van der Waals surface area contributed by atoms with Crippen molar-refractivity contribution in [2.45, 2.75) is 148 Å². The number of aromatic amines is 1. The van der Waals surface area contributed by atoms with Gasteiger partial charge < -0.3 is 0 Å². The molecule has 3 rings (SSSR count). The molecule has 0 spiro atoms. The average Bonchev–Trinajstić information content (AvgIpc) is 3.45. The molecule has 0 bridgehead atoms. The molecule has 2 atom stereocenters. The lowest BCUT2D eigenvalue weighted by molar-refractivity contribution is -0.705. The van der Waals surface area contributed by atoms with Crippen LogP contribution in [0.5, 0.6) is 0 Å². The van der Waals surface area contributed by atoms with E-state index in [1.165, 1.54) is 120 Å². The van der Waals surface area contributed by atoms with E-state index >= 15 is 0 Å². The van der Waals surface area contributed by atoms with Crippen LogP contribution in [0.2, 0.25) is 0 Å². The summed E-state index contributed by atoms with van der Waals surface area (Å²) in [5.41, 5.74) is 2.90. The molecule has 0 saturated heterocycles. The molecule has 1 heterocycles. The van der Waals surface area contributed by atoms with Gasteiger partial charge in [0.05, 0.1) is 12.5 Å². The Balaban J connectivity index is 1.72. The van der Waals surface area contributed by atoms with Gasteiger partial charge in [0.25, 0.3) is 5.82 Å². The summed E-state index contributed by atoms with van der Waals surface area (Å²) in [4.78, 5) is 3.76. The van der Waals surface area contributed by atoms with Crippen LogP contribution in [0, 0.1) is 0 Å². The highest BCUT2D eigenvalue weighted by atomic mass is 15.1. The van der Waals surface area contributed by atoms with Crippen molar-refractivity contribution < 1.29 is 4.57 Å². The van der Waals surface area contributed by atoms with Crippen LogP contribution in [0.15, 0.2) is 73.1 Å². The normalized spacial score (nSPS) is 13.8. The number of rotatable bonds is 22. The highest BCUT2D eigenvalue weighted by molar-refractivity contribution is 5.32. The van der Waals surface area contributed by atoms with Crippen LogP contribution in [0.25, 0.3) is 0 Å². The van der Waals surface area contributed by atoms with Crippen LogP contribution in [0.1, 0.15) is 146 Å². The Morgan fingerprint density at radius 1 is 0.650 bits per heavy atom. The molecule has 2 unspecified atom stereocenters. The van der Waals surface area contributed by atoms with Gasteiger partial charge in [0.2, 0.25) is 0 Å². The third-order valence-electron chi connectivity index (χ3n) is 9.09. The number of unbranched alkanes of at least 4 members (excludes halogenated alkanes) is 13. The topological polar surface area (TPSA) is 19.7 Å². The summed E-state index contributed by atoms with van der Waals surface area (Å²) in [6, 6.07) is 22.5. The molecule has 1 aromatic heterocycles. The number of hydrogen-bond acceptors (Lipinski definition) is 0. The van der Waals surface area contributed by atoms with E-state index in [-0.39, 0.29) is 5.41 Å². The molecular weight excluding hydrogens is 484 g/mol. The maximum atomic E-state index is 3.76. The zero-order valence-electron chi connectivity index (χ0n) is 26.2. The van der Waals surface area contributed by atoms with E-state index in [0.717, 1.165) is 13.0 Å². The predicted octanol–water partition coefficient (Wildman–Crippen LogP) is 10.9. The van der Waals surface area contributed by atoms with Crippen molar-refractivity contribution in [2.75, 3.05) is 0 Å². The molecule has 0 aliphatic heterocycles. The van der Waals surface area contributed by atoms with Crippen molar-refractivity contribution >= 4 is 0 Å². The number of imidazole rings is 1. The highest BCUT2D eigenvalue weighted by Crippen LogP contribution is 2.43. The van der Waals surface area contributed by atoms with E-state index in [1.807, 2.05) is 0 Å². The summed E-state index contributed by atoms with van der Waals surface area (Å²) in [5.74, 6) is 1.86. The molecule has 0 radical (unpaired) electrons. The van der Waals surface area contributed by atoms with Gasteiger partial charge in [-0.25, -0.2) is 9.55 Å². The van der Waals surface area contributed by atoms with Crippen LogP contribution in [-0.2, 0) is 18.4 Å². The summed E-state index contributed by atoms with van der Waals surface area (Å²) < 4.78 is 2.55. The number of nitrogens with one attached hydrogen (secondary N) is 1. The maximum Gasteiger partial charge on any atom is 0.258 e. The van der Waals surface area contributed by atoms with Gasteiger partial charge in [0.15, 0.2) is 0 Å². The first-order chi connectivity index (χ1) is 19.7. The van der Waals surface area contributed by atoms with Gasteiger partial charge in [-0.1, -0.05) is 165 Å². The summed E-state index contributed by atoms with van der Waals surface area (Å²) in [6.07, 6.45) is 27.3. The second-order valence-electron chi connectivity index (χ2n) is 12.4. The molecular formula is C38H59N2+. The van der Waals surface area contributed by atoms with Gasteiger partial charge in [-0.2, -0.15) is 0 Å². The first kappa shape index (κ1) is 32.2. The summed E-state index contributed by atoms with van der Waals surface area (Å²) in [6.45, 7) is 8.25. The van der Waals surface area contributed by atoms with Gasteiger partial charge >= 0.3 is 0 Å². The molecule has 0 fully saturated rings. The number of benzene rings is 2. The quantitative estimate of drug-likeness (QED) is 0.0960. The minimum atomic E-state index is 0.0110. The molecule has 0 aliphatic rings. The largest absolute Gasteiger partial charge is 0.258 e. The second kappa shape index (κ2) is 18.9. The van der Waals surface area contributed by atoms with Crippen molar-refractivity contribution in [3.8, 4) is 0 Å².